The Balaban J connectivity index is 2.39. The summed E-state index contributed by atoms with van der Waals surface area (Å²) in [5.41, 5.74) is -0.387. The maximum atomic E-state index is 12.8. The van der Waals surface area contributed by atoms with Crippen molar-refractivity contribution in [2.24, 2.45) is 5.92 Å². The van der Waals surface area contributed by atoms with Gasteiger partial charge in [0.2, 0.25) is 0 Å². The van der Waals surface area contributed by atoms with Gasteiger partial charge in [-0.25, -0.2) is 0 Å². The van der Waals surface area contributed by atoms with Gasteiger partial charge >= 0.3 is 11.9 Å². The van der Waals surface area contributed by atoms with Crippen molar-refractivity contribution in [3.63, 3.8) is 0 Å². The Morgan fingerprint density at radius 2 is 1.68 bits per heavy atom. The number of carbonyl (C=O) groups excluding carboxylic acids is 4. The number of ketones is 2. The van der Waals surface area contributed by atoms with E-state index in [2.05, 4.69) is 0 Å². The molecule has 133 valence electrons. The molecule has 0 aliphatic heterocycles. The molecule has 1 aliphatic rings. The smallest absolute Gasteiger partial charge is 0.317 e. The van der Waals surface area contributed by atoms with Gasteiger partial charge < -0.3 is 9.47 Å². The number of hydrogen-bond acceptors (Lipinski definition) is 6. The van der Waals surface area contributed by atoms with Crippen LogP contribution < -0.4 is 0 Å². The highest BCUT2D eigenvalue weighted by molar-refractivity contribution is 6.27. The molecule has 0 saturated carbocycles. The van der Waals surface area contributed by atoms with Crippen LogP contribution >= 0.6 is 0 Å². The Kier molecular flexibility index (Phi) is 5.40. The Morgan fingerprint density at radius 3 is 2.24 bits per heavy atom. The van der Waals surface area contributed by atoms with Crippen molar-refractivity contribution < 1.29 is 28.7 Å². The van der Waals surface area contributed by atoms with E-state index in [0.29, 0.717) is 0 Å². The molecule has 0 bridgehead atoms. The molecule has 1 unspecified atom stereocenters. The van der Waals surface area contributed by atoms with Crippen molar-refractivity contribution in [2.45, 2.75) is 39.7 Å². The number of carbonyl (C=O) groups is 4. The molecular formula is C19H21O6. The molecule has 0 amide bonds. The fraction of sp³-hybridized carbons (Fsp3) is 0.421. The molecule has 0 fully saturated rings. The van der Waals surface area contributed by atoms with E-state index in [1.807, 2.05) is 0 Å². The van der Waals surface area contributed by atoms with Crippen LogP contribution in [0.5, 0.6) is 0 Å². The molecule has 6 nitrogen and oxygen atoms in total. The molecule has 1 aromatic rings. The second-order valence-electron chi connectivity index (χ2n) is 6.71. The molecule has 0 N–H and O–H groups in total. The summed E-state index contributed by atoms with van der Waals surface area (Å²) in [7, 11) is 0. The lowest BCUT2D eigenvalue weighted by atomic mass is 9.72. The van der Waals surface area contributed by atoms with Gasteiger partial charge in [-0.15, -0.1) is 0 Å². The molecule has 0 saturated heterocycles. The number of Topliss-reactive ketones (excluding diaryl/α,β-unsaturated/α-hetero) is 2. The minimum atomic E-state index is -1.41. The first-order valence-corrected chi connectivity index (χ1v) is 8.08. The highest BCUT2D eigenvalue weighted by atomic mass is 16.6. The molecule has 1 aliphatic carbocycles. The van der Waals surface area contributed by atoms with Crippen LogP contribution in [0.15, 0.2) is 24.3 Å². The summed E-state index contributed by atoms with van der Waals surface area (Å²) >= 11 is 0. The second kappa shape index (κ2) is 7.17. The van der Waals surface area contributed by atoms with Gasteiger partial charge in [0.25, 0.3) is 0 Å². The van der Waals surface area contributed by atoms with Crippen molar-refractivity contribution in [3.8, 4) is 0 Å². The van der Waals surface area contributed by atoms with E-state index in [1.165, 1.54) is 12.1 Å². The first-order chi connectivity index (χ1) is 11.7. The Labute approximate surface area is 146 Å². The van der Waals surface area contributed by atoms with Crippen LogP contribution in [0.25, 0.3) is 0 Å². The fourth-order valence-electron chi connectivity index (χ4n) is 2.70. The summed E-state index contributed by atoms with van der Waals surface area (Å²) in [6.07, 6.45) is -0.431. The van der Waals surface area contributed by atoms with Crippen LogP contribution in [0.1, 0.15) is 54.8 Å². The maximum Gasteiger partial charge on any atom is 0.317 e. The maximum absolute atomic E-state index is 12.8. The number of ether oxygens (including phenoxy) is 2. The third-order valence-electron chi connectivity index (χ3n) is 3.62. The van der Waals surface area contributed by atoms with E-state index < -0.39 is 41.4 Å². The van der Waals surface area contributed by atoms with Crippen molar-refractivity contribution in [1.29, 1.82) is 0 Å². The van der Waals surface area contributed by atoms with Crippen molar-refractivity contribution in [2.75, 3.05) is 6.61 Å². The molecule has 0 spiro atoms. The number of hydrogen-bond donors (Lipinski definition) is 0. The van der Waals surface area contributed by atoms with Crippen LogP contribution in [0.4, 0.5) is 0 Å². The van der Waals surface area contributed by atoms with Gasteiger partial charge in [0.15, 0.2) is 11.6 Å². The van der Waals surface area contributed by atoms with Gasteiger partial charge in [-0.3, -0.25) is 19.2 Å². The molecule has 1 aromatic carbocycles. The van der Waals surface area contributed by atoms with Crippen molar-refractivity contribution >= 4 is 23.5 Å². The van der Waals surface area contributed by atoms with Crippen LogP contribution in [0, 0.1) is 11.8 Å². The average molecular weight is 345 g/mol. The third kappa shape index (κ3) is 4.13. The Hall–Kier alpha value is -2.50. The number of esters is 2. The van der Waals surface area contributed by atoms with E-state index in [4.69, 9.17) is 9.47 Å². The largest absolute Gasteiger partial charge is 0.465 e. The van der Waals surface area contributed by atoms with E-state index >= 15 is 0 Å². The predicted molar refractivity (Wildman–Crippen MR) is 88.9 cm³/mol. The fourth-order valence-corrected chi connectivity index (χ4v) is 2.70. The van der Waals surface area contributed by atoms with Crippen LogP contribution in [-0.4, -0.2) is 35.7 Å². The molecule has 2 rings (SSSR count). The Bertz CT molecular complexity index is 713. The molecule has 0 aromatic heterocycles. The van der Waals surface area contributed by atoms with E-state index in [9.17, 15) is 19.2 Å². The lowest BCUT2D eigenvalue weighted by Crippen LogP contribution is -2.42. The lowest BCUT2D eigenvalue weighted by Gasteiger charge is -2.29. The van der Waals surface area contributed by atoms with Gasteiger partial charge in [0.1, 0.15) is 11.5 Å². The normalized spacial score (nSPS) is 17.8. The molecular weight excluding hydrogens is 324 g/mol. The zero-order valence-corrected chi connectivity index (χ0v) is 14.8. The first-order valence-electron chi connectivity index (χ1n) is 8.08. The van der Waals surface area contributed by atoms with Gasteiger partial charge in [-0.05, 0) is 27.7 Å². The zero-order chi connectivity index (χ0) is 18.8. The second-order valence-corrected chi connectivity index (χ2v) is 6.71. The summed E-state index contributed by atoms with van der Waals surface area (Å²) in [5, 5.41) is 0. The predicted octanol–water partition coefficient (Wildman–Crippen LogP) is 2.55. The molecule has 1 atom stereocenters. The van der Waals surface area contributed by atoms with Crippen LogP contribution in [0.2, 0.25) is 0 Å². The van der Waals surface area contributed by atoms with Gasteiger partial charge in [0, 0.05) is 11.1 Å². The summed E-state index contributed by atoms with van der Waals surface area (Å²) in [6, 6.07) is 6.24. The highest BCUT2D eigenvalue weighted by Crippen LogP contribution is 2.35. The first kappa shape index (κ1) is 18.8. The summed E-state index contributed by atoms with van der Waals surface area (Å²) in [5.74, 6) is -4.04. The van der Waals surface area contributed by atoms with E-state index in [0.717, 1.165) is 0 Å². The van der Waals surface area contributed by atoms with Crippen LogP contribution in [0.3, 0.4) is 0 Å². The zero-order valence-electron chi connectivity index (χ0n) is 14.8. The van der Waals surface area contributed by atoms with E-state index in [1.54, 1.807) is 39.8 Å². The van der Waals surface area contributed by atoms with Crippen molar-refractivity contribution in [3.05, 3.63) is 41.3 Å². The van der Waals surface area contributed by atoms with Gasteiger partial charge in [0.05, 0.1) is 18.9 Å². The number of rotatable bonds is 4. The van der Waals surface area contributed by atoms with Gasteiger partial charge in [-0.2, -0.15) is 0 Å². The minimum absolute atomic E-state index is 0.0676. The molecule has 25 heavy (non-hydrogen) atoms. The highest BCUT2D eigenvalue weighted by Gasteiger charge is 2.48. The van der Waals surface area contributed by atoms with Crippen LogP contribution in [-0.2, 0) is 19.1 Å². The minimum Gasteiger partial charge on any atom is -0.465 e. The summed E-state index contributed by atoms with van der Waals surface area (Å²) < 4.78 is 10.2. The topological polar surface area (TPSA) is 86.7 Å². The standard InChI is InChI=1S/C19H21O6/c1-5-24-18(23)15-13(10-14(20)25-19(2,3)4)16(21)11-8-6-7-9-12(11)17(15)22/h6-9,15H,5,10H2,1-4H3. The quantitative estimate of drug-likeness (QED) is 0.616. The number of benzene rings is 1. The summed E-state index contributed by atoms with van der Waals surface area (Å²) in [6.45, 7) is 6.76. The third-order valence-corrected chi connectivity index (χ3v) is 3.62. The van der Waals surface area contributed by atoms with Crippen molar-refractivity contribution in [1.82, 2.24) is 0 Å². The monoisotopic (exact) mass is 345 g/mol. The lowest BCUT2D eigenvalue weighted by molar-refractivity contribution is -0.154. The number of fused-ring (bicyclic) bond motifs is 1. The molecule has 1 radical (unpaired) electrons. The summed E-state index contributed by atoms with van der Waals surface area (Å²) in [4.78, 5) is 49.9. The van der Waals surface area contributed by atoms with Gasteiger partial charge in [-0.1, -0.05) is 24.3 Å². The molecule has 6 heteroatoms. The average Bonchev–Trinajstić information content (AvgIpc) is 2.51. The van der Waals surface area contributed by atoms with E-state index in [-0.39, 0.29) is 23.7 Å². The Morgan fingerprint density at radius 1 is 1.08 bits per heavy atom. The molecule has 0 heterocycles. The SMILES string of the molecule is CCOC(=O)C1[C](CC(=O)OC(C)(C)C)C(=O)c2ccccc2C1=O.